The van der Waals surface area contributed by atoms with Crippen molar-refractivity contribution < 1.29 is 37.7 Å². The SMILES string of the molecule is N=P(O)(O)OP(=N)(O)OP(=O)(O)O. The Labute approximate surface area is 72.2 Å². The summed E-state index contributed by atoms with van der Waals surface area (Å²) in [5, 5.41) is 12.9. The highest BCUT2D eigenvalue weighted by atomic mass is 31.3. The predicted octanol–water partition coefficient (Wildman–Crippen LogP) is 0.139. The third-order valence-corrected chi connectivity index (χ3v) is 3.97. The van der Waals surface area contributed by atoms with Gasteiger partial charge in [-0.2, -0.15) is 0 Å². The number of hydrogen-bond donors (Lipinski definition) is 7. The Morgan fingerprint density at radius 3 is 1.54 bits per heavy atom. The van der Waals surface area contributed by atoms with E-state index in [-0.39, 0.29) is 0 Å². The van der Waals surface area contributed by atoms with Crippen molar-refractivity contribution in [2.75, 3.05) is 0 Å². The van der Waals surface area contributed by atoms with E-state index < -0.39 is 23.3 Å². The van der Waals surface area contributed by atoms with Crippen molar-refractivity contribution in [3.05, 3.63) is 0 Å². The Hall–Kier alpha value is 0.410. The Morgan fingerprint density at radius 2 is 1.31 bits per heavy atom. The van der Waals surface area contributed by atoms with E-state index >= 15 is 0 Å². The normalized spacial score (nSPS) is 18.2. The highest BCUT2D eigenvalue weighted by Crippen LogP contribution is 2.65. The van der Waals surface area contributed by atoms with Crippen molar-refractivity contribution in [2.45, 2.75) is 0 Å². The van der Waals surface area contributed by atoms with E-state index in [2.05, 4.69) is 8.62 Å². The number of nitrogens with one attached hydrogen (secondary N) is 2. The molecule has 1 atom stereocenters. The van der Waals surface area contributed by atoms with Crippen LogP contribution in [0.1, 0.15) is 0 Å². The second kappa shape index (κ2) is 3.88. The molecule has 0 rings (SSSR count). The van der Waals surface area contributed by atoms with E-state index in [1.807, 2.05) is 0 Å². The topological polar surface area (TPSA) is 184 Å². The van der Waals surface area contributed by atoms with Gasteiger partial charge in [0.25, 0.3) is 0 Å². The molecule has 7 N–H and O–H groups in total. The molecule has 0 radical (unpaired) electrons. The molecule has 0 aliphatic heterocycles. The molecule has 0 saturated heterocycles. The molecular weight excluding hydrogens is 249 g/mol. The summed E-state index contributed by atoms with van der Waals surface area (Å²) >= 11 is 0. The van der Waals surface area contributed by atoms with Crippen molar-refractivity contribution in [1.82, 2.24) is 0 Å². The fraction of sp³-hybridized carbons (Fsp3) is 0. The zero-order chi connectivity index (χ0) is 10.9. The minimum atomic E-state index is -5.17. The van der Waals surface area contributed by atoms with Gasteiger partial charge in [0.1, 0.15) is 0 Å². The van der Waals surface area contributed by atoms with Crippen LogP contribution in [0.25, 0.3) is 0 Å². The van der Waals surface area contributed by atoms with Crippen molar-refractivity contribution in [2.24, 2.45) is 0 Å². The summed E-state index contributed by atoms with van der Waals surface area (Å²) in [4.78, 5) is 41.4. The molecule has 10 nitrogen and oxygen atoms in total. The molecule has 13 heavy (non-hydrogen) atoms. The van der Waals surface area contributed by atoms with E-state index in [0.29, 0.717) is 0 Å². The lowest BCUT2D eigenvalue weighted by atomic mass is 14.0. The summed E-state index contributed by atoms with van der Waals surface area (Å²) in [5.41, 5.74) is 0. The summed E-state index contributed by atoms with van der Waals surface area (Å²) in [6.45, 7) is 0. The van der Waals surface area contributed by atoms with Crippen molar-refractivity contribution in [3.63, 3.8) is 0 Å². The van der Waals surface area contributed by atoms with Gasteiger partial charge in [0.15, 0.2) is 0 Å². The molecule has 0 aromatic carbocycles. The lowest BCUT2D eigenvalue weighted by molar-refractivity contribution is 0.245. The Morgan fingerprint density at radius 1 is 0.923 bits per heavy atom. The van der Waals surface area contributed by atoms with E-state index in [1.165, 1.54) is 0 Å². The molecule has 0 aliphatic carbocycles. The van der Waals surface area contributed by atoms with Gasteiger partial charge in [-0.1, -0.05) is 0 Å². The van der Waals surface area contributed by atoms with Crippen molar-refractivity contribution in [1.29, 1.82) is 10.3 Å². The molecule has 1 unspecified atom stereocenters. The van der Waals surface area contributed by atoms with Gasteiger partial charge in [-0.25, -0.2) is 23.5 Å². The third kappa shape index (κ3) is 8.73. The van der Waals surface area contributed by atoms with Crippen LogP contribution in [0.3, 0.4) is 0 Å². The standard InChI is InChI=1S/H7N2O8P3/c1-11(3,4)9-12(2,5)10-13(6,7)8/h(H2,2,5)(H3,1,3,4)(H2,6,7,8). The first-order valence-electron chi connectivity index (χ1n) is 2.36. The van der Waals surface area contributed by atoms with Crippen LogP contribution in [0.5, 0.6) is 0 Å². The molecule has 0 spiro atoms. The Bertz CT molecular complexity index is 279. The first-order chi connectivity index (χ1) is 5.41. The van der Waals surface area contributed by atoms with Gasteiger partial charge >= 0.3 is 23.3 Å². The van der Waals surface area contributed by atoms with E-state index in [4.69, 9.17) is 34.8 Å². The molecule has 0 fully saturated rings. The van der Waals surface area contributed by atoms with Gasteiger partial charge < -0.3 is 24.5 Å². The second-order valence-corrected chi connectivity index (χ2v) is 6.13. The fourth-order valence-corrected chi connectivity index (χ4v) is 3.09. The van der Waals surface area contributed by atoms with Crippen LogP contribution in [0, 0.1) is 10.3 Å². The van der Waals surface area contributed by atoms with Gasteiger partial charge in [-0.3, -0.25) is 0 Å². The monoisotopic (exact) mass is 256 g/mol. The maximum Gasteiger partial charge on any atom is 0.477 e. The molecule has 0 aliphatic rings. The Kier molecular flexibility index (Phi) is 4.00. The maximum atomic E-state index is 10.1. The summed E-state index contributed by atoms with van der Waals surface area (Å²) in [6.07, 6.45) is 0. The van der Waals surface area contributed by atoms with Gasteiger partial charge in [0.05, 0.1) is 0 Å². The fourth-order valence-electron chi connectivity index (χ4n) is 0.313. The van der Waals surface area contributed by atoms with Crippen LogP contribution < -0.4 is 0 Å². The zero-order valence-corrected chi connectivity index (χ0v) is 8.49. The smallest absolute Gasteiger partial charge is 0.318 e. The minimum Gasteiger partial charge on any atom is -0.318 e. The van der Waals surface area contributed by atoms with E-state index in [9.17, 15) is 4.57 Å². The molecule has 0 amide bonds. The Balaban J connectivity index is 4.54. The zero-order valence-electron chi connectivity index (χ0n) is 5.80. The van der Waals surface area contributed by atoms with Crippen LogP contribution in [0.15, 0.2) is 0 Å². The summed E-state index contributed by atoms with van der Waals surface area (Å²) in [5.74, 6) is 0. The first kappa shape index (κ1) is 13.4. The molecule has 0 aromatic rings. The van der Waals surface area contributed by atoms with Crippen LogP contribution in [-0.4, -0.2) is 24.5 Å². The van der Waals surface area contributed by atoms with Gasteiger partial charge in [-0.15, -0.1) is 0 Å². The number of hydrogen-bond acceptors (Lipinski definition) is 5. The number of phosphoric acid groups is 1. The van der Waals surface area contributed by atoms with Gasteiger partial charge in [0.2, 0.25) is 0 Å². The lowest BCUT2D eigenvalue weighted by Crippen LogP contribution is -1.91. The molecule has 0 bridgehead atoms. The minimum absolute atomic E-state index is 3.37. The first-order valence-corrected chi connectivity index (χ1v) is 7.08. The highest BCUT2D eigenvalue weighted by molar-refractivity contribution is 7.67. The largest absolute Gasteiger partial charge is 0.477 e. The summed E-state index contributed by atoms with van der Waals surface area (Å²) in [7, 11) is -14.7. The molecule has 0 heterocycles. The third-order valence-electron chi connectivity index (χ3n) is 0.442. The van der Waals surface area contributed by atoms with Crippen LogP contribution in [0.2, 0.25) is 0 Å². The van der Waals surface area contributed by atoms with Crippen LogP contribution in [-0.2, 0) is 13.2 Å². The summed E-state index contributed by atoms with van der Waals surface area (Å²) < 4.78 is 16.9. The highest BCUT2D eigenvalue weighted by Gasteiger charge is 2.32. The maximum absolute atomic E-state index is 10.1. The lowest BCUT2D eigenvalue weighted by Gasteiger charge is -2.17. The molecule has 0 saturated carbocycles. The average molecular weight is 256 g/mol. The van der Waals surface area contributed by atoms with Gasteiger partial charge in [-0.05, 0) is 0 Å². The van der Waals surface area contributed by atoms with Crippen molar-refractivity contribution >= 4 is 23.3 Å². The van der Waals surface area contributed by atoms with Crippen molar-refractivity contribution in [3.8, 4) is 0 Å². The quantitative estimate of drug-likeness (QED) is 0.346. The van der Waals surface area contributed by atoms with Crippen LogP contribution >= 0.6 is 23.3 Å². The molecular formula is H7N2O8P3. The molecule has 0 aromatic heterocycles. The van der Waals surface area contributed by atoms with E-state index in [1.54, 1.807) is 0 Å². The molecule has 13 heteroatoms. The predicted molar refractivity (Wildman–Crippen MR) is 40.1 cm³/mol. The number of rotatable bonds is 4. The second-order valence-electron chi connectivity index (χ2n) is 1.72. The van der Waals surface area contributed by atoms with Crippen LogP contribution in [0.4, 0.5) is 0 Å². The molecule has 80 valence electrons. The van der Waals surface area contributed by atoms with Gasteiger partial charge in [0, 0.05) is 0 Å². The van der Waals surface area contributed by atoms with E-state index in [0.717, 1.165) is 0 Å². The summed E-state index contributed by atoms with van der Waals surface area (Å²) in [6, 6.07) is 0. The average Bonchev–Trinajstić information content (AvgIpc) is 1.43.